The first kappa shape index (κ1) is 17.3. The normalized spacial score (nSPS) is 17.9. The molecule has 0 aromatic heterocycles. The van der Waals surface area contributed by atoms with Crippen molar-refractivity contribution >= 4 is 30.1 Å². The molecule has 112 valence electrons. The van der Waals surface area contributed by atoms with E-state index in [1.165, 1.54) is 11.1 Å². The van der Waals surface area contributed by atoms with Crippen molar-refractivity contribution in [1.82, 2.24) is 10.6 Å². The zero-order valence-electron chi connectivity index (χ0n) is 12.2. The summed E-state index contributed by atoms with van der Waals surface area (Å²) < 4.78 is 0.0855. The molecule has 0 aliphatic carbocycles. The van der Waals surface area contributed by atoms with Crippen molar-refractivity contribution in [2.45, 2.75) is 37.6 Å². The van der Waals surface area contributed by atoms with Crippen LogP contribution in [-0.2, 0) is 17.8 Å². The van der Waals surface area contributed by atoms with Gasteiger partial charge in [-0.3, -0.25) is 4.79 Å². The predicted molar refractivity (Wildman–Crippen MR) is 88.6 cm³/mol. The van der Waals surface area contributed by atoms with Gasteiger partial charge in [-0.1, -0.05) is 24.3 Å². The molecule has 2 N–H and O–H groups in total. The van der Waals surface area contributed by atoms with Crippen LogP contribution in [0.1, 0.15) is 25.0 Å². The number of nitrogens with one attached hydrogen (secondary N) is 2. The van der Waals surface area contributed by atoms with Gasteiger partial charge < -0.3 is 10.6 Å². The number of halogens is 1. The highest BCUT2D eigenvalue weighted by Crippen LogP contribution is 2.20. The van der Waals surface area contributed by atoms with E-state index in [1.54, 1.807) is 11.8 Å². The number of fused-ring (bicyclic) bond motifs is 1. The summed E-state index contributed by atoms with van der Waals surface area (Å²) in [7, 11) is 0. The highest BCUT2D eigenvalue weighted by atomic mass is 35.5. The molecular weight excluding hydrogens is 292 g/mol. The molecule has 20 heavy (non-hydrogen) atoms. The van der Waals surface area contributed by atoms with Crippen molar-refractivity contribution in [3.63, 3.8) is 0 Å². The number of thioether (sulfide) groups is 1. The van der Waals surface area contributed by atoms with Crippen molar-refractivity contribution in [2.24, 2.45) is 0 Å². The van der Waals surface area contributed by atoms with Crippen LogP contribution < -0.4 is 10.6 Å². The molecule has 0 saturated carbocycles. The quantitative estimate of drug-likeness (QED) is 0.896. The van der Waals surface area contributed by atoms with E-state index < -0.39 is 0 Å². The minimum Gasteiger partial charge on any atom is -0.353 e. The lowest BCUT2D eigenvalue weighted by molar-refractivity contribution is -0.123. The average Bonchev–Trinajstić information content (AvgIpc) is 2.44. The Kier molecular flexibility index (Phi) is 6.37. The molecule has 1 unspecified atom stereocenters. The summed E-state index contributed by atoms with van der Waals surface area (Å²) in [5.41, 5.74) is 2.58. The minimum absolute atomic E-state index is 0. The maximum atomic E-state index is 12.2. The van der Waals surface area contributed by atoms with Crippen LogP contribution in [0, 0.1) is 0 Å². The van der Waals surface area contributed by atoms with Gasteiger partial charge in [-0.2, -0.15) is 11.8 Å². The number of carbonyl (C=O) groups excluding carboxylic acids is 1. The third-order valence-electron chi connectivity index (χ3n) is 3.64. The fraction of sp³-hybridized carbons (Fsp3) is 0.533. The van der Waals surface area contributed by atoms with Gasteiger partial charge in [0.15, 0.2) is 0 Å². The molecule has 0 saturated heterocycles. The highest BCUT2D eigenvalue weighted by Gasteiger charge is 2.25. The molecule has 0 spiro atoms. The van der Waals surface area contributed by atoms with E-state index in [9.17, 15) is 4.79 Å². The summed E-state index contributed by atoms with van der Waals surface area (Å²) in [4.78, 5) is 12.2. The maximum Gasteiger partial charge on any atom is 0.237 e. The van der Waals surface area contributed by atoms with Crippen molar-refractivity contribution in [2.75, 3.05) is 12.8 Å². The highest BCUT2D eigenvalue weighted by molar-refractivity contribution is 7.99. The number of carbonyl (C=O) groups is 1. The van der Waals surface area contributed by atoms with Gasteiger partial charge >= 0.3 is 0 Å². The van der Waals surface area contributed by atoms with Crippen LogP contribution in [0.15, 0.2) is 24.3 Å². The fourth-order valence-electron chi connectivity index (χ4n) is 2.14. The second kappa shape index (κ2) is 7.34. The number of hydrogen-bond donors (Lipinski definition) is 2. The van der Waals surface area contributed by atoms with Crippen LogP contribution in [-0.4, -0.2) is 29.5 Å². The molecule has 2 rings (SSSR count). The van der Waals surface area contributed by atoms with Crippen molar-refractivity contribution < 1.29 is 4.79 Å². The Balaban J connectivity index is 0.00000200. The molecule has 1 heterocycles. The number of hydrogen-bond acceptors (Lipinski definition) is 3. The lowest BCUT2D eigenvalue weighted by Gasteiger charge is -2.28. The molecule has 0 fully saturated rings. The Morgan fingerprint density at radius 3 is 2.70 bits per heavy atom. The van der Waals surface area contributed by atoms with E-state index in [2.05, 4.69) is 42.9 Å². The van der Waals surface area contributed by atoms with Crippen LogP contribution >= 0.6 is 24.2 Å². The van der Waals surface area contributed by atoms with Crippen LogP contribution in [0.5, 0.6) is 0 Å². The van der Waals surface area contributed by atoms with E-state index >= 15 is 0 Å². The van der Waals surface area contributed by atoms with E-state index in [0.717, 1.165) is 13.0 Å². The Morgan fingerprint density at radius 2 is 2.05 bits per heavy atom. The lowest BCUT2D eigenvalue weighted by atomic mass is 9.95. The first-order valence-corrected chi connectivity index (χ1v) is 7.87. The summed E-state index contributed by atoms with van der Waals surface area (Å²) in [5, 5.41) is 6.36. The van der Waals surface area contributed by atoms with E-state index in [-0.39, 0.29) is 29.1 Å². The van der Waals surface area contributed by atoms with E-state index in [0.29, 0.717) is 6.54 Å². The van der Waals surface area contributed by atoms with E-state index in [1.807, 2.05) is 12.1 Å². The summed E-state index contributed by atoms with van der Waals surface area (Å²) in [6.07, 6.45) is 2.85. The van der Waals surface area contributed by atoms with E-state index in [4.69, 9.17) is 0 Å². The average molecular weight is 315 g/mol. The van der Waals surface area contributed by atoms with Crippen molar-refractivity contribution in [3.05, 3.63) is 35.4 Å². The first-order chi connectivity index (χ1) is 9.02. The molecule has 5 heteroatoms. The van der Waals surface area contributed by atoms with Gasteiger partial charge in [0.25, 0.3) is 0 Å². The Bertz CT molecular complexity index is 465. The zero-order chi connectivity index (χ0) is 13.9. The molecule has 0 radical (unpaired) electrons. The molecule has 0 bridgehead atoms. The molecule has 1 amide bonds. The topological polar surface area (TPSA) is 41.1 Å². The molecule has 1 aliphatic heterocycles. The summed E-state index contributed by atoms with van der Waals surface area (Å²) in [6, 6.07) is 8.21. The van der Waals surface area contributed by atoms with Gasteiger partial charge in [0, 0.05) is 17.8 Å². The van der Waals surface area contributed by atoms with Gasteiger partial charge in [-0.15, -0.1) is 12.4 Å². The van der Waals surface area contributed by atoms with Crippen LogP contribution in [0.25, 0.3) is 0 Å². The first-order valence-electron chi connectivity index (χ1n) is 6.65. The molecule has 3 nitrogen and oxygen atoms in total. The smallest absolute Gasteiger partial charge is 0.237 e. The lowest BCUT2D eigenvalue weighted by Crippen LogP contribution is -2.50. The summed E-state index contributed by atoms with van der Waals surface area (Å²) in [6.45, 7) is 5.76. The van der Waals surface area contributed by atoms with Crippen LogP contribution in [0.3, 0.4) is 0 Å². The van der Waals surface area contributed by atoms with Gasteiger partial charge in [-0.05, 0) is 37.7 Å². The van der Waals surface area contributed by atoms with Gasteiger partial charge in [-0.25, -0.2) is 0 Å². The Hall–Kier alpha value is -0.710. The maximum absolute atomic E-state index is 12.2. The predicted octanol–water partition coefficient (Wildman–Crippen LogP) is 2.38. The molecule has 1 aromatic carbocycles. The van der Waals surface area contributed by atoms with Gasteiger partial charge in [0.05, 0.1) is 6.04 Å². The zero-order valence-corrected chi connectivity index (χ0v) is 13.9. The van der Waals surface area contributed by atoms with Crippen LogP contribution in [0.2, 0.25) is 0 Å². The minimum atomic E-state index is -0.104. The molecule has 1 atom stereocenters. The monoisotopic (exact) mass is 314 g/mol. The number of rotatable bonds is 4. The Morgan fingerprint density at radius 1 is 1.40 bits per heavy atom. The molecule has 1 aliphatic rings. The van der Waals surface area contributed by atoms with Crippen molar-refractivity contribution in [3.8, 4) is 0 Å². The number of benzene rings is 1. The number of amides is 1. The second-order valence-electron chi connectivity index (χ2n) is 5.59. The Labute approximate surface area is 131 Å². The molecule has 1 aromatic rings. The van der Waals surface area contributed by atoms with Gasteiger partial charge in [0.2, 0.25) is 5.91 Å². The summed E-state index contributed by atoms with van der Waals surface area (Å²) >= 11 is 1.77. The van der Waals surface area contributed by atoms with Crippen molar-refractivity contribution in [1.29, 1.82) is 0 Å². The third kappa shape index (κ3) is 4.40. The second-order valence-corrected chi connectivity index (χ2v) is 7.10. The van der Waals surface area contributed by atoms with Gasteiger partial charge in [0.1, 0.15) is 0 Å². The third-order valence-corrected chi connectivity index (χ3v) is 4.89. The fourth-order valence-corrected chi connectivity index (χ4v) is 2.35. The standard InChI is InChI=1S/C15H22N2OS.ClH/c1-15(2,19-3)10-17-14(18)13-8-11-6-4-5-7-12(11)9-16-13;/h4-7,13,16H,8-10H2,1-3H3,(H,17,18);1H. The largest absolute Gasteiger partial charge is 0.353 e. The summed E-state index contributed by atoms with van der Waals surface area (Å²) in [5.74, 6) is 0.108. The van der Waals surface area contributed by atoms with Crippen LogP contribution in [0.4, 0.5) is 0 Å². The molecular formula is C15H23ClN2OS. The SMILES string of the molecule is CSC(C)(C)CNC(=O)C1Cc2ccccc2CN1.Cl.